The van der Waals surface area contributed by atoms with Crippen LogP contribution in [0.15, 0.2) is 33.7 Å². The zero-order valence-electron chi connectivity index (χ0n) is 6.28. The van der Waals surface area contributed by atoms with Crippen molar-refractivity contribution in [1.29, 1.82) is 0 Å². The first-order valence-electron chi connectivity index (χ1n) is 3.40. The summed E-state index contributed by atoms with van der Waals surface area (Å²) in [5.41, 5.74) is 0.638. The predicted octanol–water partition coefficient (Wildman–Crippen LogP) is 4.08. The van der Waals surface area contributed by atoms with E-state index in [1.165, 1.54) is 0 Å². The van der Waals surface area contributed by atoms with Crippen LogP contribution in [0.2, 0.25) is 0 Å². The molecule has 0 aliphatic rings. The number of allylic oxidation sites excluding steroid dienone is 1. The van der Waals surface area contributed by atoms with Gasteiger partial charge in [-0.15, -0.1) is 6.58 Å². The lowest BCUT2D eigenvalue weighted by Crippen LogP contribution is -1.90. The molecule has 0 atom stereocenters. The molecule has 0 bridgehead atoms. The molecule has 0 saturated carbocycles. The molecule has 0 fully saturated rings. The smallest absolute Gasteiger partial charge is 0.142 e. The van der Waals surface area contributed by atoms with E-state index in [0.29, 0.717) is 16.5 Å². The highest BCUT2D eigenvalue weighted by molar-refractivity contribution is 9.11. The summed E-state index contributed by atoms with van der Waals surface area (Å²) in [5, 5.41) is 0. The molecule has 0 saturated heterocycles. The molecule has 1 aromatic carbocycles. The van der Waals surface area contributed by atoms with E-state index in [1.807, 2.05) is 6.07 Å². The summed E-state index contributed by atoms with van der Waals surface area (Å²) in [6.45, 7) is 3.57. The molecule has 3 heteroatoms. The highest BCUT2D eigenvalue weighted by atomic mass is 79.9. The third kappa shape index (κ3) is 1.96. The molecule has 0 radical (unpaired) electrons. The highest BCUT2D eigenvalue weighted by Crippen LogP contribution is 2.26. The lowest BCUT2D eigenvalue weighted by atomic mass is 10.1. The first-order valence-corrected chi connectivity index (χ1v) is 4.98. The van der Waals surface area contributed by atoms with Gasteiger partial charge in [-0.1, -0.05) is 22.0 Å². The van der Waals surface area contributed by atoms with Gasteiger partial charge < -0.3 is 0 Å². The average Bonchev–Trinajstić information content (AvgIpc) is 2.06. The Kier molecular flexibility index (Phi) is 3.47. The Morgan fingerprint density at radius 1 is 1.33 bits per heavy atom. The van der Waals surface area contributed by atoms with Crippen molar-refractivity contribution in [2.24, 2.45) is 0 Å². The normalized spacial score (nSPS) is 9.92. The van der Waals surface area contributed by atoms with Crippen molar-refractivity contribution in [2.75, 3.05) is 0 Å². The van der Waals surface area contributed by atoms with Gasteiger partial charge in [-0.2, -0.15) is 0 Å². The SMILES string of the molecule is C=CCc1c(Br)ccc(Br)c1F. The molecule has 0 spiro atoms. The van der Waals surface area contributed by atoms with E-state index in [2.05, 4.69) is 38.4 Å². The van der Waals surface area contributed by atoms with Crippen LogP contribution in [0, 0.1) is 5.82 Å². The third-order valence-electron chi connectivity index (χ3n) is 1.49. The number of rotatable bonds is 2. The Morgan fingerprint density at radius 2 is 1.92 bits per heavy atom. The van der Waals surface area contributed by atoms with Crippen LogP contribution >= 0.6 is 31.9 Å². The molecule has 1 aromatic rings. The van der Waals surface area contributed by atoms with Crippen LogP contribution in [-0.2, 0) is 6.42 Å². The van der Waals surface area contributed by atoms with Gasteiger partial charge >= 0.3 is 0 Å². The fourth-order valence-electron chi connectivity index (χ4n) is 0.901. The summed E-state index contributed by atoms with van der Waals surface area (Å²) in [7, 11) is 0. The van der Waals surface area contributed by atoms with Crippen molar-refractivity contribution >= 4 is 31.9 Å². The molecule has 64 valence electrons. The van der Waals surface area contributed by atoms with Crippen LogP contribution < -0.4 is 0 Å². The van der Waals surface area contributed by atoms with Gasteiger partial charge in [-0.25, -0.2) is 4.39 Å². The number of halogens is 3. The molecule has 0 heterocycles. The van der Waals surface area contributed by atoms with Crippen LogP contribution in [0.4, 0.5) is 4.39 Å². The second kappa shape index (κ2) is 4.19. The first kappa shape index (κ1) is 9.93. The zero-order valence-corrected chi connectivity index (χ0v) is 9.45. The minimum absolute atomic E-state index is 0.218. The van der Waals surface area contributed by atoms with E-state index in [-0.39, 0.29) is 5.82 Å². The van der Waals surface area contributed by atoms with Gasteiger partial charge in [0.25, 0.3) is 0 Å². The molecule has 0 N–H and O–H groups in total. The molecule has 1 rings (SSSR count). The standard InChI is InChI=1S/C9H7Br2F/c1-2-3-6-7(10)4-5-8(11)9(6)12/h2,4-5H,1,3H2. The van der Waals surface area contributed by atoms with Gasteiger partial charge in [0.2, 0.25) is 0 Å². The topological polar surface area (TPSA) is 0 Å². The summed E-state index contributed by atoms with van der Waals surface area (Å²) in [5.74, 6) is -0.218. The predicted molar refractivity (Wildman–Crippen MR) is 55.7 cm³/mol. The van der Waals surface area contributed by atoms with Crippen molar-refractivity contribution in [3.05, 3.63) is 45.1 Å². The fraction of sp³-hybridized carbons (Fsp3) is 0.111. The zero-order chi connectivity index (χ0) is 9.14. The molecule has 0 unspecified atom stereocenters. The second-order valence-electron chi connectivity index (χ2n) is 2.31. The van der Waals surface area contributed by atoms with Gasteiger partial charge in [-0.3, -0.25) is 0 Å². The second-order valence-corrected chi connectivity index (χ2v) is 4.02. The lowest BCUT2D eigenvalue weighted by molar-refractivity contribution is 0.607. The van der Waals surface area contributed by atoms with Crippen molar-refractivity contribution in [3.63, 3.8) is 0 Å². The molecule has 0 amide bonds. The van der Waals surface area contributed by atoms with Crippen LogP contribution in [0.5, 0.6) is 0 Å². The minimum Gasteiger partial charge on any atom is -0.205 e. The minimum atomic E-state index is -0.218. The van der Waals surface area contributed by atoms with E-state index in [4.69, 9.17) is 0 Å². The summed E-state index contributed by atoms with van der Waals surface area (Å²) in [4.78, 5) is 0. The molecule has 0 nitrogen and oxygen atoms in total. The van der Waals surface area contributed by atoms with Gasteiger partial charge in [0.1, 0.15) is 5.82 Å². The summed E-state index contributed by atoms with van der Waals surface area (Å²) < 4.78 is 14.6. The number of hydrogen-bond acceptors (Lipinski definition) is 0. The Balaban J connectivity index is 3.22. The lowest BCUT2D eigenvalue weighted by Gasteiger charge is -2.04. The summed E-state index contributed by atoms with van der Waals surface area (Å²) in [6, 6.07) is 3.48. The Morgan fingerprint density at radius 3 is 2.50 bits per heavy atom. The summed E-state index contributed by atoms with van der Waals surface area (Å²) in [6.07, 6.45) is 2.21. The van der Waals surface area contributed by atoms with E-state index >= 15 is 0 Å². The van der Waals surface area contributed by atoms with Crippen LogP contribution in [0.3, 0.4) is 0 Å². The van der Waals surface area contributed by atoms with Gasteiger partial charge in [0.15, 0.2) is 0 Å². The maximum atomic E-state index is 13.3. The number of benzene rings is 1. The van der Waals surface area contributed by atoms with Crippen LogP contribution in [0.25, 0.3) is 0 Å². The first-order chi connectivity index (χ1) is 5.66. The Labute approximate surface area is 87.7 Å². The summed E-state index contributed by atoms with van der Waals surface area (Å²) >= 11 is 6.39. The maximum absolute atomic E-state index is 13.3. The van der Waals surface area contributed by atoms with E-state index in [0.717, 1.165) is 4.47 Å². The quantitative estimate of drug-likeness (QED) is 0.569. The highest BCUT2D eigenvalue weighted by Gasteiger charge is 2.08. The van der Waals surface area contributed by atoms with Gasteiger partial charge in [0, 0.05) is 10.0 Å². The maximum Gasteiger partial charge on any atom is 0.142 e. The van der Waals surface area contributed by atoms with Crippen molar-refractivity contribution in [1.82, 2.24) is 0 Å². The third-order valence-corrected chi connectivity index (χ3v) is 2.84. The van der Waals surface area contributed by atoms with Gasteiger partial charge in [0.05, 0.1) is 4.47 Å². The molecule has 12 heavy (non-hydrogen) atoms. The molecule has 0 aromatic heterocycles. The van der Waals surface area contributed by atoms with Crippen LogP contribution in [0.1, 0.15) is 5.56 Å². The number of hydrogen-bond donors (Lipinski definition) is 0. The van der Waals surface area contributed by atoms with Crippen molar-refractivity contribution < 1.29 is 4.39 Å². The van der Waals surface area contributed by atoms with Crippen molar-refractivity contribution in [2.45, 2.75) is 6.42 Å². The van der Waals surface area contributed by atoms with Crippen molar-refractivity contribution in [3.8, 4) is 0 Å². The Bertz CT molecular complexity index is 308. The molecular formula is C9H7Br2F. The van der Waals surface area contributed by atoms with Crippen LogP contribution in [-0.4, -0.2) is 0 Å². The van der Waals surface area contributed by atoms with Gasteiger partial charge in [-0.05, 0) is 34.5 Å². The van der Waals surface area contributed by atoms with E-state index in [1.54, 1.807) is 12.1 Å². The van der Waals surface area contributed by atoms with E-state index < -0.39 is 0 Å². The van der Waals surface area contributed by atoms with E-state index in [9.17, 15) is 4.39 Å². The molecular weight excluding hydrogens is 287 g/mol. The monoisotopic (exact) mass is 292 g/mol. The molecule has 0 aliphatic heterocycles. The fourth-order valence-corrected chi connectivity index (χ4v) is 1.74. The molecule has 0 aliphatic carbocycles. The largest absolute Gasteiger partial charge is 0.205 e. The average molecular weight is 294 g/mol. The Hall–Kier alpha value is -0.150.